The van der Waals surface area contributed by atoms with Gasteiger partial charge in [0, 0.05) is 12.8 Å². The Labute approximate surface area is 389 Å². The van der Waals surface area contributed by atoms with Crippen molar-refractivity contribution in [3.63, 3.8) is 0 Å². The molecule has 1 unspecified atom stereocenters. The quantitative estimate of drug-likeness (QED) is 0.0211. The molecule has 372 valence electrons. The van der Waals surface area contributed by atoms with Crippen molar-refractivity contribution < 1.29 is 42.1 Å². The van der Waals surface area contributed by atoms with E-state index in [1.54, 1.807) is 0 Å². The van der Waals surface area contributed by atoms with Crippen LogP contribution in [0.1, 0.15) is 251 Å². The third-order valence-electron chi connectivity index (χ3n) is 11.7. The van der Waals surface area contributed by atoms with Crippen molar-refractivity contribution in [3.8, 4) is 0 Å². The molecule has 0 aliphatic rings. The van der Waals surface area contributed by atoms with E-state index in [9.17, 15) is 19.0 Å². The smallest absolute Gasteiger partial charge is 0.462 e. The number of carbonyl (C=O) groups excluding carboxylic acids is 2. The average molecular weight is 913 g/mol. The molecule has 0 radical (unpaired) electrons. The Hall–Kier alpha value is -1.51. The number of unbranched alkanes of at least 4 members (excludes halogenated alkanes) is 31. The first-order valence-electron chi connectivity index (χ1n) is 26.6. The predicted molar refractivity (Wildman–Crippen MR) is 266 cm³/mol. The van der Waals surface area contributed by atoms with E-state index >= 15 is 0 Å². The number of ether oxygens (including phenoxy) is 2. The Morgan fingerprint density at radius 3 is 1.29 bits per heavy atom. The van der Waals surface area contributed by atoms with Crippen LogP contribution in [0.15, 0.2) is 24.3 Å². The van der Waals surface area contributed by atoms with Crippen LogP contribution in [0.5, 0.6) is 0 Å². The summed E-state index contributed by atoms with van der Waals surface area (Å²) in [5.74, 6) is -0.789. The standard InChI is InChI=1S/C53H102NO8P/c1-6-8-10-12-14-16-18-20-22-24-26-28-29-31-33-35-37-39-41-43-45-52(55)59-49-51(50-61-63(57,58)60-48-47-54(3,4)5)62-53(56)46-44-42-40-38-36-34-32-30-27-25-23-21-19-17-15-13-11-9-7-2/h15,17,21,23,51H,6-14,16,18-20,22,24-50H2,1-5H3/p+1/b17-15+,23-21+/t51-/m1/s1. The molecule has 10 heteroatoms. The molecule has 0 aromatic carbocycles. The molecule has 0 amide bonds. The normalized spacial score (nSPS) is 13.6. The zero-order valence-electron chi connectivity index (χ0n) is 42.1. The number of allylic oxidation sites excluding steroid dienone is 4. The molecule has 0 saturated heterocycles. The van der Waals surface area contributed by atoms with Gasteiger partial charge in [-0.25, -0.2) is 4.57 Å². The van der Waals surface area contributed by atoms with E-state index in [1.807, 2.05) is 21.1 Å². The Bertz CT molecular complexity index is 1120. The highest BCUT2D eigenvalue weighted by molar-refractivity contribution is 7.47. The lowest BCUT2D eigenvalue weighted by Gasteiger charge is -2.24. The van der Waals surface area contributed by atoms with E-state index in [4.69, 9.17) is 18.5 Å². The number of rotatable bonds is 49. The molecule has 0 saturated carbocycles. The van der Waals surface area contributed by atoms with Gasteiger partial charge in [-0.2, -0.15) is 0 Å². The van der Waals surface area contributed by atoms with E-state index in [2.05, 4.69) is 38.2 Å². The van der Waals surface area contributed by atoms with E-state index in [1.165, 1.54) is 173 Å². The monoisotopic (exact) mass is 913 g/mol. The maximum atomic E-state index is 12.8. The average Bonchev–Trinajstić information content (AvgIpc) is 3.24. The molecule has 0 aromatic heterocycles. The number of phosphoric acid groups is 1. The van der Waals surface area contributed by atoms with Crippen LogP contribution < -0.4 is 0 Å². The Balaban J connectivity index is 4.20. The van der Waals surface area contributed by atoms with Crippen molar-refractivity contribution in [3.05, 3.63) is 24.3 Å². The molecule has 0 aliphatic carbocycles. The first-order chi connectivity index (χ1) is 30.5. The first-order valence-corrected chi connectivity index (χ1v) is 28.1. The Morgan fingerprint density at radius 1 is 0.492 bits per heavy atom. The van der Waals surface area contributed by atoms with Gasteiger partial charge >= 0.3 is 19.8 Å². The number of phosphoric ester groups is 1. The highest BCUT2D eigenvalue weighted by Gasteiger charge is 2.27. The predicted octanol–water partition coefficient (Wildman–Crippen LogP) is 15.9. The minimum atomic E-state index is -4.38. The van der Waals surface area contributed by atoms with Gasteiger partial charge in [-0.15, -0.1) is 0 Å². The van der Waals surface area contributed by atoms with Crippen molar-refractivity contribution in [1.82, 2.24) is 0 Å². The minimum absolute atomic E-state index is 0.0331. The lowest BCUT2D eigenvalue weighted by Crippen LogP contribution is -2.37. The van der Waals surface area contributed by atoms with Crippen LogP contribution in [0.25, 0.3) is 0 Å². The van der Waals surface area contributed by atoms with Crippen LogP contribution in [-0.4, -0.2) is 74.9 Å². The van der Waals surface area contributed by atoms with Gasteiger partial charge in [0.2, 0.25) is 0 Å². The second kappa shape index (κ2) is 45.6. The van der Waals surface area contributed by atoms with E-state index in [0.717, 1.165) is 44.9 Å². The van der Waals surface area contributed by atoms with Crippen molar-refractivity contribution in [2.75, 3.05) is 47.5 Å². The molecule has 63 heavy (non-hydrogen) atoms. The summed E-state index contributed by atoms with van der Waals surface area (Å²) in [6, 6.07) is 0. The molecule has 2 atom stereocenters. The van der Waals surface area contributed by atoms with E-state index in [-0.39, 0.29) is 25.6 Å². The largest absolute Gasteiger partial charge is 0.472 e. The fourth-order valence-corrected chi connectivity index (χ4v) is 8.32. The fraction of sp³-hybridized carbons (Fsp3) is 0.887. The zero-order valence-corrected chi connectivity index (χ0v) is 43.0. The third kappa shape index (κ3) is 49.8. The van der Waals surface area contributed by atoms with Gasteiger partial charge in [0.05, 0.1) is 27.7 Å². The van der Waals surface area contributed by atoms with Gasteiger partial charge in [0.1, 0.15) is 19.8 Å². The molecule has 0 heterocycles. The van der Waals surface area contributed by atoms with Crippen molar-refractivity contribution in [2.24, 2.45) is 0 Å². The summed E-state index contributed by atoms with van der Waals surface area (Å²) >= 11 is 0. The number of likely N-dealkylation sites (N-methyl/N-ethyl adjacent to an activating group) is 1. The molecule has 0 aliphatic heterocycles. The SMILES string of the molecule is CCCCC/C=C/C/C=C/CCCCCCCCCCCC(=O)O[C@H](COC(=O)CCCCCCCCCCCCCCCCCCCCCC)COP(=O)(O)OCC[N+](C)(C)C. The van der Waals surface area contributed by atoms with Crippen molar-refractivity contribution >= 4 is 19.8 Å². The van der Waals surface area contributed by atoms with Crippen molar-refractivity contribution in [1.29, 1.82) is 0 Å². The lowest BCUT2D eigenvalue weighted by atomic mass is 10.0. The minimum Gasteiger partial charge on any atom is -0.462 e. The first kappa shape index (κ1) is 61.5. The summed E-state index contributed by atoms with van der Waals surface area (Å²) in [6.07, 6.45) is 52.3. The van der Waals surface area contributed by atoms with Crippen LogP contribution in [0.2, 0.25) is 0 Å². The van der Waals surface area contributed by atoms with E-state index < -0.39 is 26.5 Å². The van der Waals surface area contributed by atoms with Gasteiger partial charge in [0.15, 0.2) is 6.10 Å². The summed E-state index contributed by atoms with van der Waals surface area (Å²) in [7, 11) is 1.48. The second-order valence-electron chi connectivity index (χ2n) is 19.3. The van der Waals surface area contributed by atoms with E-state index in [0.29, 0.717) is 23.9 Å². The summed E-state index contributed by atoms with van der Waals surface area (Å²) in [6.45, 7) is 4.44. The Kier molecular flexibility index (Phi) is 44.5. The molecule has 0 bridgehead atoms. The van der Waals surface area contributed by atoms with Gasteiger partial charge in [0.25, 0.3) is 0 Å². The topological polar surface area (TPSA) is 108 Å². The summed E-state index contributed by atoms with van der Waals surface area (Å²) < 4.78 is 34.5. The summed E-state index contributed by atoms with van der Waals surface area (Å²) in [5.41, 5.74) is 0. The molecule has 0 aromatic rings. The maximum Gasteiger partial charge on any atom is 0.472 e. The highest BCUT2D eigenvalue weighted by Crippen LogP contribution is 2.43. The molecule has 0 fully saturated rings. The highest BCUT2D eigenvalue weighted by atomic mass is 31.2. The molecular formula is C53H103NO8P+. The van der Waals surface area contributed by atoms with Crippen LogP contribution >= 0.6 is 7.82 Å². The third-order valence-corrected chi connectivity index (χ3v) is 12.7. The van der Waals surface area contributed by atoms with Gasteiger partial charge in [-0.1, -0.05) is 218 Å². The number of esters is 2. The molecule has 1 N–H and O–H groups in total. The van der Waals surface area contributed by atoms with Crippen LogP contribution in [-0.2, 0) is 32.7 Å². The number of hydrogen-bond donors (Lipinski definition) is 1. The molecule has 0 rings (SSSR count). The van der Waals surface area contributed by atoms with Gasteiger partial charge in [-0.05, 0) is 44.9 Å². The van der Waals surface area contributed by atoms with Crippen LogP contribution in [0.4, 0.5) is 0 Å². The van der Waals surface area contributed by atoms with Crippen molar-refractivity contribution in [2.45, 2.75) is 258 Å². The maximum absolute atomic E-state index is 12.8. The molecule has 0 spiro atoms. The van der Waals surface area contributed by atoms with Gasteiger partial charge in [-0.3, -0.25) is 18.6 Å². The van der Waals surface area contributed by atoms with Crippen LogP contribution in [0.3, 0.4) is 0 Å². The number of nitrogens with zero attached hydrogens (tertiary/aromatic N) is 1. The number of hydrogen-bond acceptors (Lipinski definition) is 7. The summed E-state index contributed by atoms with van der Waals surface area (Å²) in [4.78, 5) is 35.6. The molecular weight excluding hydrogens is 810 g/mol. The summed E-state index contributed by atoms with van der Waals surface area (Å²) in [5, 5.41) is 0. The lowest BCUT2D eigenvalue weighted by molar-refractivity contribution is -0.870. The fourth-order valence-electron chi connectivity index (χ4n) is 7.58. The van der Waals surface area contributed by atoms with Crippen LogP contribution in [0, 0.1) is 0 Å². The number of carbonyl (C=O) groups is 2. The Morgan fingerprint density at radius 2 is 0.857 bits per heavy atom. The second-order valence-corrected chi connectivity index (χ2v) is 20.7. The number of quaternary nitrogens is 1. The zero-order chi connectivity index (χ0) is 46.4. The molecule has 9 nitrogen and oxygen atoms in total. The van der Waals surface area contributed by atoms with Gasteiger partial charge < -0.3 is 18.9 Å².